The van der Waals surface area contributed by atoms with Gasteiger partial charge < -0.3 is 15.4 Å². The fraction of sp³-hybridized carbons (Fsp3) is 0.417. The van der Waals surface area contributed by atoms with Crippen molar-refractivity contribution >= 4 is 29.1 Å². The number of carbonyl (C=O) groups is 2. The number of piperidine rings is 1. The Bertz CT molecular complexity index is 912. The minimum atomic E-state index is -0.311. The monoisotopic (exact) mass is 443 g/mol. The molecule has 1 aliphatic rings. The fourth-order valence-electron chi connectivity index (χ4n) is 3.81. The minimum Gasteiger partial charge on any atom is -0.495 e. The number of carbonyl (C=O) groups excluding carboxylic acids is 2. The highest BCUT2D eigenvalue weighted by Gasteiger charge is 2.30. The van der Waals surface area contributed by atoms with Gasteiger partial charge in [-0.25, -0.2) is 0 Å². The maximum atomic E-state index is 12.8. The molecule has 0 aliphatic carbocycles. The Hall–Kier alpha value is -2.57. The molecular weight excluding hydrogens is 414 g/mol. The largest absolute Gasteiger partial charge is 0.495 e. The van der Waals surface area contributed by atoms with E-state index in [0.717, 1.165) is 24.0 Å². The number of halogens is 1. The Morgan fingerprint density at radius 3 is 2.52 bits per heavy atom. The number of aryl methyl sites for hydroxylation is 1. The molecule has 2 N–H and O–H groups in total. The Morgan fingerprint density at radius 1 is 1.19 bits per heavy atom. The third kappa shape index (κ3) is 5.99. The van der Waals surface area contributed by atoms with E-state index in [1.54, 1.807) is 13.2 Å². The first-order valence-electron chi connectivity index (χ1n) is 10.6. The lowest BCUT2D eigenvalue weighted by atomic mass is 9.94. The van der Waals surface area contributed by atoms with Crippen molar-refractivity contribution in [2.45, 2.75) is 39.3 Å². The van der Waals surface area contributed by atoms with Crippen molar-refractivity contribution in [3.05, 3.63) is 58.6 Å². The van der Waals surface area contributed by atoms with Crippen molar-refractivity contribution in [2.75, 3.05) is 25.5 Å². The summed E-state index contributed by atoms with van der Waals surface area (Å²) < 4.78 is 5.35. The van der Waals surface area contributed by atoms with Gasteiger partial charge in [0.25, 0.3) is 0 Å². The van der Waals surface area contributed by atoms with Crippen molar-refractivity contribution in [2.24, 2.45) is 5.92 Å². The predicted octanol–water partition coefficient (Wildman–Crippen LogP) is 4.01. The second kappa shape index (κ2) is 10.6. The molecule has 0 saturated carbocycles. The molecule has 0 radical (unpaired) electrons. The standard InChI is InChI=1S/C24H30ClN3O3/c1-16-13-21(22(31-3)14-20(16)25)27-23(29)17(2)28-11-9-19(10-12-28)24(30)26-15-18-7-5-4-6-8-18/h4-8,13-14,17,19H,9-12,15H2,1-3H3,(H,26,30)(H,27,29)/t17-/m0/s1. The van der Waals surface area contributed by atoms with Crippen LogP contribution in [0.1, 0.15) is 30.9 Å². The van der Waals surface area contributed by atoms with Crippen LogP contribution in [0.4, 0.5) is 5.69 Å². The average Bonchev–Trinajstić information content (AvgIpc) is 2.80. The van der Waals surface area contributed by atoms with E-state index in [-0.39, 0.29) is 23.8 Å². The molecule has 0 unspecified atom stereocenters. The molecule has 0 spiro atoms. The molecule has 2 amide bonds. The van der Waals surface area contributed by atoms with Crippen molar-refractivity contribution in [3.63, 3.8) is 0 Å². The number of nitrogens with one attached hydrogen (secondary N) is 2. The molecule has 1 aliphatic heterocycles. The van der Waals surface area contributed by atoms with Gasteiger partial charge in [-0.2, -0.15) is 0 Å². The Balaban J connectivity index is 1.50. The molecule has 31 heavy (non-hydrogen) atoms. The van der Waals surface area contributed by atoms with Crippen molar-refractivity contribution in [1.82, 2.24) is 10.2 Å². The highest BCUT2D eigenvalue weighted by atomic mass is 35.5. The maximum Gasteiger partial charge on any atom is 0.241 e. The van der Waals surface area contributed by atoms with Gasteiger partial charge in [0.05, 0.1) is 18.8 Å². The van der Waals surface area contributed by atoms with Crippen LogP contribution in [-0.2, 0) is 16.1 Å². The third-order valence-electron chi connectivity index (χ3n) is 5.88. The van der Waals surface area contributed by atoms with Crippen LogP contribution in [-0.4, -0.2) is 43.0 Å². The number of nitrogens with zero attached hydrogens (tertiary/aromatic N) is 1. The van der Waals surface area contributed by atoms with Crippen molar-refractivity contribution < 1.29 is 14.3 Å². The smallest absolute Gasteiger partial charge is 0.241 e. The lowest BCUT2D eigenvalue weighted by molar-refractivity contribution is -0.127. The number of likely N-dealkylation sites (tertiary alicyclic amines) is 1. The zero-order valence-corrected chi connectivity index (χ0v) is 19.0. The maximum absolute atomic E-state index is 12.8. The SMILES string of the molecule is COc1cc(Cl)c(C)cc1NC(=O)[C@H](C)N1CCC(C(=O)NCc2ccccc2)CC1. The lowest BCUT2D eigenvalue weighted by Crippen LogP contribution is -2.48. The van der Waals surface area contributed by atoms with Crippen molar-refractivity contribution in [3.8, 4) is 5.75 Å². The van der Waals surface area contributed by atoms with E-state index in [4.69, 9.17) is 16.3 Å². The molecular formula is C24H30ClN3O3. The molecule has 1 fully saturated rings. The Labute approximate surface area is 188 Å². The molecule has 6 nitrogen and oxygen atoms in total. The number of methoxy groups -OCH3 is 1. The van der Waals surface area contributed by atoms with Gasteiger partial charge in [-0.1, -0.05) is 41.9 Å². The van der Waals surface area contributed by atoms with Crippen LogP contribution in [0.25, 0.3) is 0 Å². The van der Waals surface area contributed by atoms with Gasteiger partial charge in [-0.15, -0.1) is 0 Å². The first-order valence-corrected chi connectivity index (χ1v) is 11.0. The Kier molecular flexibility index (Phi) is 7.93. The number of rotatable bonds is 7. The quantitative estimate of drug-likeness (QED) is 0.678. The van der Waals surface area contributed by atoms with Crippen LogP contribution in [0, 0.1) is 12.8 Å². The summed E-state index contributed by atoms with van der Waals surface area (Å²) in [5, 5.41) is 6.58. The van der Waals surface area contributed by atoms with Crippen LogP contribution >= 0.6 is 11.6 Å². The molecule has 1 saturated heterocycles. The van der Waals surface area contributed by atoms with Gasteiger partial charge in [-0.3, -0.25) is 14.5 Å². The van der Waals surface area contributed by atoms with E-state index in [2.05, 4.69) is 15.5 Å². The zero-order valence-electron chi connectivity index (χ0n) is 18.3. The number of amides is 2. The van der Waals surface area contributed by atoms with Crippen LogP contribution in [0.5, 0.6) is 5.75 Å². The van der Waals surface area contributed by atoms with Gasteiger partial charge in [-0.05, 0) is 57.0 Å². The van der Waals surface area contributed by atoms with Gasteiger partial charge in [0.2, 0.25) is 11.8 Å². The van der Waals surface area contributed by atoms with Gasteiger partial charge >= 0.3 is 0 Å². The van der Waals surface area contributed by atoms with Crippen LogP contribution in [0.3, 0.4) is 0 Å². The second-order valence-corrected chi connectivity index (χ2v) is 8.39. The molecule has 0 aromatic heterocycles. The first kappa shape index (κ1) is 23.1. The predicted molar refractivity (Wildman–Crippen MR) is 123 cm³/mol. The number of ether oxygens (including phenoxy) is 1. The average molecular weight is 444 g/mol. The summed E-state index contributed by atoms with van der Waals surface area (Å²) in [4.78, 5) is 27.5. The van der Waals surface area contributed by atoms with E-state index < -0.39 is 0 Å². The summed E-state index contributed by atoms with van der Waals surface area (Å²) in [7, 11) is 1.55. The summed E-state index contributed by atoms with van der Waals surface area (Å²) in [5.74, 6) is 0.494. The second-order valence-electron chi connectivity index (χ2n) is 7.98. The highest BCUT2D eigenvalue weighted by molar-refractivity contribution is 6.31. The number of hydrogen-bond donors (Lipinski definition) is 2. The molecule has 1 heterocycles. The number of benzene rings is 2. The van der Waals surface area contributed by atoms with Gasteiger partial charge in [0, 0.05) is 23.6 Å². The zero-order chi connectivity index (χ0) is 22.4. The van der Waals surface area contributed by atoms with E-state index in [1.165, 1.54) is 0 Å². The summed E-state index contributed by atoms with van der Waals surface area (Å²) in [6.45, 7) is 5.72. The topological polar surface area (TPSA) is 70.7 Å². The molecule has 2 aromatic carbocycles. The summed E-state index contributed by atoms with van der Waals surface area (Å²) in [6, 6.07) is 13.1. The molecule has 1 atom stereocenters. The fourth-order valence-corrected chi connectivity index (χ4v) is 3.96. The summed E-state index contributed by atoms with van der Waals surface area (Å²) >= 11 is 6.15. The van der Waals surface area contributed by atoms with E-state index in [0.29, 0.717) is 36.1 Å². The van der Waals surface area contributed by atoms with E-state index in [9.17, 15) is 9.59 Å². The van der Waals surface area contributed by atoms with Crippen LogP contribution in [0.2, 0.25) is 5.02 Å². The summed E-state index contributed by atoms with van der Waals surface area (Å²) in [5.41, 5.74) is 2.57. The first-order chi connectivity index (χ1) is 14.9. The molecule has 3 rings (SSSR count). The van der Waals surface area contributed by atoms with Gasteiger partial charge in [0.1, 0.15) is 5.75 Å². The Morgan fingerprint density at radius 2 is 1.87 bits per heavy atom. The van der Waals surface area contributed by atoms with Crippen LogP contribution in [0.15, 0.2) is 42.5 Å². The van der Waals surface area contributed by atoms with E-state index >= 15 is 0 Å². The van der Waals surface area contributed by atoms with E-state index in [1.807, 2.05) is 50.2 Å². The molecule has 0 bridgehead atoms. The van der Waals surface area contributed by atoms with Gasteiger partial charge in [0.15, 0.2) is 0 Å². The normalized spacial score (nSPS) is 15.9. The number of hydrogen-bond acceptors (Lipinski definition) is 4. The molecule has 7 heteroatoms. The third-order valence-corrected chi connectivity index (χ3v) is 6.28. The van der Waals surface area contributed by atoms with Crippen molar-refractivity contribution in [1.29, 1.82) is 0 Å². The number of anilines is 1. The minimum absolute atomic E-state index is 0.0192. The highest BCUT2D eigenvalue weighted by Crippen LogP contribution is 2.31. The summed E-state index contributed by atoms with van der Waals surface area (Å²) in [6.07, 6.45) is 1.48. The molecule has 2 aromatic rings. The van der Waals surface area contributed by atoms with Crippen LogP contribution < -0.4 is 15.4 Å². The molecule has 166 valence electrons. The lowest BCUT2D eigenvalue weighted by Gasteiger charge is -2.34.